The summed E-state index contributed by atoms with van der Waals surface area (Å²) in [7, 11) is 0. The minimum Gasteiger partial charge on any atom is -0.463 e. The fourth-order valence-electron chi connectivity index (χ4n) is 3.65. The Labute approximate surface area is 205 Å². The summed E-state index contributed by atoms with van der Waals surface area (Å²) in [4.78, 5) is 20.9. The number of nitrogens with zero attached hydrogens (tertiary/aromatic N) is 2. The Morgan fingerprint density at radius 1 is 1.15 bits per heavy atom. The third kappa shape index (κ3) is 10.2. The lowest BCUT2D eigenvalue weighted by Gasteiger charge is -2.17. The van der Waals surface area contributed by atoms with Gasteiger partial charge in [-0.05, 0) is 45.4 Å². The van der Waals surface area contributed by atoms with Crippen LogP contribution in [-0.2, 0) is 9.47 Å². The Balaban J connectivity index is 0.000000497. The van der Waals surface area contributed by atoms with E-state index in [0.29, 0.717) is 36.6 Å². The van der Waals surface area contributed by atoms with Gasteiger partial charge in [-0.3, -0.25) is 0 Å². The van der Waals surface area contributed by atoms with Crippen molar-refractivity contribution in [1.82, 2.24) is 9.97 Å². The molecule has 0 aliphatic carbocycles. The topological polar surface area (TPSA) is 70.5 Å². The van der Waals surface area contributed by atoms with Crippen molar-refractivity contribution in [3.63, 3.8) is 0 Å². The van der Waals surface area contributed by atoms with Crippen LogP contribution in [0.5, 0.6) is 6.01 Å². The first-order valence-electron chi connectivity index (χ1n) is 12.9. The van der Waals surface area contributed by atoms with E-state index >= 15 is 0 Å². The van der Waals surface area contributed by atoms with E-state index in [4.69, 9.17) is 14.2 Å². The number of rotatable bonds is 11. The number of hydrogen-bond acceptors (Lipinski definition) is 6. The molecule has 1 aliphatic heterocycles. The molecule has 0 bridgehead atoms. The fourth-order valence-corrected chi connectivity index (χ4v) is 3.65. The van der Waals surface area contributed by atoms with Gasteiger partial charge in [0, 0.05) is 18.4 Å². The molecule has 188 valence electrons. The van der Waals surface area contributed by atoms with Crippen molar-refractivity contribution >= 4 is 5.97 Å². The molecule has 2 aromatic rings. The van der Waals surface area contributed by atoms with Gasteiger partial charge in [-0.2, -0.15) is 4.98 Å². The van der Waals surface area contributed by atoms with Crippen molar-refractivity contribution in [3.8, 4) is 17.3 Å². The third-order valence-corrected chi connectivity index (χ3v) is 5.99. The quantitative estimate of drug-likeness (QED) is 0.263. The molecular formula is C28H42N2O4. The average Bonchev–Trinajstić information content (AvgIpc) is 2.87. The molecule has 2 atom stereocenters. The van der Waals surface area contributed by atoms with Crippen molar-refractivity contribution in [3.05, 3.63) is 42.1 Å². The smallest absolute Gasteiger partial charge is 0.341 e. The summed E-state index contributed by atoms with van der Waals surface area (Å²) in [5.74, 6) is 0.367. The summed E-state index contributed by atoms with van der Waals surface area (Å²) in [5, 5.41) is 0. The second-order valence-corrected chi connectivity index (χ2v) is 8.89. The predicted octanol–water partition coefficient (Wildman–Crippen LogP) is 6.88. The molecule has 2 heterocycles. The Kier molecular flexibility index (Phi) is 13.2. The first-order valence-corrected chi connectivity index (χ1v) is 12.9. The highest BCUT2D eigenvalue weighted by atomic mass is 16.5. The van der Waals surface area contributed by atoms with Crippen LogP contribution >= 0.6 is 0 Å². The molecule has 1 saturated heterocycles. The molecule has 6 heteroatoms. The van der Waals surface area contributed by atoms with E-state index in [9.17, 15) is 4.79 Å². The van der Waals surface area contributed by atoms with E-state index in [1.54, 1.807) is 6.92 Å². The highest BCUT2D eigenvalue weighted by molar-refractivity contribution is 5.95. The van der Waals surface area contributed by atoms with Crippen LogP contribution in [0.4, 0.5) is 0 Å². The fraction of sp³-hybridized carbons (Fsp3) is 0.607. The Morgan fingerprint density at radius 3 is 2.56 bits per heavy atom. The van der Waals surface area contributed by atoms with E-state index in [1.807, 2.05) is 30.3 Å². The Bertz CT molecular complexity index is 822. The zero-order chi connectivity index (χ0) is 24.6. The summed E-state index contributed by atoms with van der Waals surface area (Å²) in [6.45, 7) is 10.3. The molecule has 0 N–H and O–H groups in total. The van der Waals surface area contributed by atoms with Crippen molar-refractivity contribution < 1.29 is 19.0 Å². The second-order valence-electron chi connectivity index (χ2n) is 8.89. The van der Waals surface area contributed by atoms with Crippen LogP contribution in [0.1, 0.15) is 89.4 Å². The van der Waals surface area contributed by atoms with Crippen molar-refractivity contribution in [1.29, 1.82) is 0 Å². The van der Waals surface area contributed by atoms with Gasteiger partial charge in [0.2, 0.25) is 0 Å². The predicted molar refractivity (Wildman–Crippen MR) is 136 cm³/mol. The maximum atomic E-state index is 12.2. The van der Waals surface area contributed by atoms with Crippen molar-refractivity contribution in [2.24, 2.45) is 5.92 Å². The van der Waals surface area contributed by atoms with Gasteiger partial charge >= 0.3 is 12.0 Å². The molecule has 0 amide bonds. The summed E-state index contributed by atoms with van der Waals surface area (Å²) in [5.41, 5.74) is 1.72. The number of unbranched alkanes of at least 4 members (excludes halogenated alkanes) is 2. The number of ether oxygens (including phenoxy) is 3. The lowest BCUT2D eigenvalue weighted by atomic mass is 10.0. The van der Waals surface area contributed by atoms with Crippen LogP contribution in [0.3, 0.4) is 0 Å². The second kappa shape index (κ2) is 16.2. The maximum absolute atomic E-state index is 12.2. The third-order valence-electron chi connectivity index (χ3n) is 5.99. The van der Waals surface area contributed by atoms with Crippen molar-refractivity contribution in [2.45, 2.75) is 85.2 Å². The molecular weight excluding hydrogens is 428 g/mol. The Hall–Kier alpha value is -2.47. The van der Waals surface area contributed by atoms with Gasteiger partial charge < -0.3 is 14.2 Å². The lowest BCUT2D eigenvalue weighted by molar-refractivity contribution is 0.0285. The van der Waals surface area contributed by atoms with Gasteiger partial charge in [0.05, 0.1) is 25.0 Å². The molecule has 0 saturated carbocycles. The molecule has 34 heavy (non-hydrogen) atoms. The van der Waals surface area contributed by atoms with Gasteiger partial charge in [0.15, 0.2) is 0 Å². The average molecular weight is 471 g/mol. The van der Waals surface area contributed by atoms with E-state index in [1.165, 1.54) is 44.7 Å². The van der Waals surface area contributed by atoms with Crippen LogP contribution in [0.25, 0.3) is 11.3 Å². The van der Waals surface area contributed by atoms with Crippen molar-refractivity contribution in [2.75, 3.05) is 19.8 Å². The summed E-state index contributed by atoms with van der Waals surface area (Å²) in [6, 6.07) is 9.84. The molecule has 0 spiro atoms. The van der Waals surface area contributed by atoms with Gasteiger partial charge in [-0.1, -0.05) is 69.9 Å². The monoisotopic (exact) mass is 470 g/mol. The van der Waals surface area contributed by atoms with Crippen LogP contribution in [0.15, 0.2) is 36.5 Å². The number of carbonyl (C=O) groups is 1. The summed E-state index contributed by atoms with van der Waals surface area (Å²) < 4.78 is 16.1. The first-order chi connectivity index (χ1) is 16.5. The summed E-state index contributed by atoms with van der Waals surface area (Å²) in [6.07, 6.45) is 11.7. The molecule has 1 aliphatic rings. The van der Waals surface area contributed by atoms with Gasteiger partial charge in [-0.15, -0.1) is 0 Å². The van der Waals surface area contributed by atoms with Crippen LogP contribution in [0.2, 0.25) is 0 Å². The zero-order valence-electron chi connectivity index (χ0n) is 21.4. The van der Waals surface area contributed by atoms with Gasteiger partial charge in [0.25, 0.3) is 0 Å². The number of carbonyl (C=O) groups excluding carboxylic acids is 1. The minimum absolute atomic E-state index is 0.295. The largest absolute Gasteiger partial charge is 0.463 e. The normalized spacial score (nSPS) is 16.2. The van der Waals surface area contributed by atoms with Crippen LogP contribution in [0, 0.1) is 5.92 Å². The molecule has 1 aromatic heterocycles. The molecule has 2 unspecified atom stereocenters. The highest BCUT2D eigenvalue weighted by Gasteiger charge is 2.17. The number of hydrogen-bond donors (Lipinski definition) is 0. The van der Waals surface area contributed by atoms with Crippen LogP contribution < -0.4 is 4.74 Å². The van der Waals surface area contributed by atoms with E-state index in [-0.39, 0.29) is 0 Å². The molecule has 3 rings (SSSR count). The molecule has 1 aromatic carbocycles. The molecule has 0 radical (unpaired) electrons. The van der Waals surface area contributed by atoms with E-state index in [2.05, 4.69) is 30.7 Å². The standard InChI is InChI=1S/C22H30N2O3.C6H12O/c1-4-17(3)12-8-7-11-15-27-22-23-16-19(21(25)26-5-2)20(24-22)18-13-9-6-10-14-18;1-6-4-2-3-5-7-6/h6,9-10,13-14,16-17H,4-5,7-8,11-12,15H2,1-3H3;6H,2-5H2,1H3. The SMILES string of the molecule is CC1CCCCO1.CCOC(=O)c1cnc(OCCCCCC(C)CC)nc1-c1ccccc1. The van der Waals surface area contributed by atoms with Gasteiger partial charge in [0.1, 0.15) is 5.56 Å². The van der Waals surface area contributed by atoms with Gasteiger partial charge in [-0.25, -0.2) is 9.78 Å². The van der Waals surface area contributed by atoms with E-state index < -0.39 is 5.97 Å². The first kappa shape index (κ1) is 27.8. The molecule has 1 fully saturated rings. The van der Waals surface area contributed by atoms with E-state index in [0.717, 1.165) is 30.9 Å². The van der Waals surface area contributed by atoms with Crippen LogP contribution in [-0.4, -0.2) is 41.9 Å². The number of aromatic nitrogens is 2. The number of esters is 1. The zero-order valence-corrected chi connectivity index (χ0v) is 21.4. The maximum Gasteiger partial charge on any atom is 0.341 e. The highest BCUT2D eigenvalue weighted by Crippen LogP contribution is 2.24. The lowest BCUT2D eigenvalue weighted by Crippen LogP contribution is -2.14. The molecule has 6 nitrogen and oxygen atoms in total. The number of benzene rings is 1. The summed E-state index contributed by atoms with van der Waals surface area (Å²) >= 11 is 0. The Morgan fingerprint density at radius 2 is 1.94 bits per heavy atom. The minimum atomic E-state index is -0.423.